The van der Waals surface area contributed by atoms with E-state index in [9.17, 15) is 0 Å². The molecule has 6 nitrogen and oxygen atoms in total. The van der Waals surface area contributed by atoms with Crippen molar-refractivity contribution in [3.63, 3.8) is 0 Å². The molecule has 1 aliphatic rings. The van der Waals surface area contributed by atoms with E-state index in [1.165, 1.54) is 19.3 Å². The maximum Gasteiger partial charge on any atom is 0.225 e. The summed E-state index contributed by atoms with van der Waals surface area (Å²) in [4.78, 5) is 15.5. The van der Waals surface area contributed by atoms with Crippen LogP contribution >= 0.6 is 27.5 Å². The van der Waals surface area contributed by atoms with Gasteiger partial charge in [-0.25, -0.2) is 9.97 Å². The van der Waals surface area contributed by atoms with Gasteiger partial charge in [-0.1, -0.05) is 0 Å². The third kappa shape index (κ3) is 2.46. The predicted molar refractivity (Wildman–Crippen MR) is 99.8 cm³/mol. The van der Waals surface area contributed by atoms with Gasteiger partial charge in [0, 0.05) is 24.5 Å². The number of likely N-dealkylation sites (N-methyl/N-ethyl adjacent to an activating group) is 1. The first-order chi connectivity index (χ1) is 11.5. The van der Waals surface area contributed by atoms with Crippen LogP contribution in [0.5, 0.6) is 0 Å². The highest BCUT2D eigenvalue weighted by molar-refractivity contribution is 9.10. The SMILES string of the molecule is CN(C)C1(CNc2nc(Cl)nc3cc(Br)c4nccn4c23)CCC1. The summed E-state index contributed by atoms with van der Waals surface area (Å²) < 4.78 is 2.87. The molecule has 1 N–H and O–H groups in total. The van der Waals surface area contributed by atoms with Crippen molar-refractivity contribution in [3.8, 4) is 0 Å². The lowest BCUT2D eigenvalue weighted by molar-refractivity contribution is 0.0738. The molecule has 4 rings (SSSR count). The largest absolute Gasteiger partial charge is 0.366 e. The van der Waals surface area contributed by atoms with Crippen molar-refractivity contribution < 1.29 is 0 Å². The van der Waals surface area contributed by atoms with Gasteiger partial charge in [-0.2, -0.15) is 4.98 Å². The summed E-state index contributed by atoms with van der Waals surface area (Å²) in [7, 11) is 4.27. The van der Waals surface area contributed by atoms with Crippen LogP contribution in [0.1, 0.15) is 19.3 Å². The normalized spacial score (nSPS) is 16.7. The number of pyridine rings is 1. The topological polar surface area (TPSA) is 58.3 Å². The van der Waals surface area contributed by atoms with Crippen molar-refractivity contribution in [2.24, 2.45) is 0 Å². The van der Waals surface area contributed by atoms with Crippen LogP contribution < -0.4 is 5.32 Å². The molecule has 0 unspecified atom stereocenters. The summed E-state index contributed by atoms with van der Waals surface area (Å²) in [5.74, 6) is 0.744. The second kappa shape index (κ2) is 5.82. The summed E-state index contributed by atoms with van der Waals surface area (Å²) in [6.45, 7) is 0.828. The van der Waals surface area contributed by atoms with Gasteiger partial charge < -0.3 is 10.2 Å². The van der Waals surface area contributed by atoms with E-state index in [1.54, 1.807) is 6.20 Å². The maximum atomic E-state index is 6.15. The lowest BCUT2D eigenvalue weighted by Crippen LogP contribution is -2.54. The molecular formula is C16H18BrClN6. The molecule has 3 aromatic heterocycles. The monoisotopic (exact) mass is 408 g/mol. The minimum absolute atomic E-state index is 0.188. The average molecular weight is 410 g/mol. The summed E-state index contributed by atoms with van der Waals surface area (Å²) in [5, 5.41) is 3.75. The number of aromatic nitrogens is 4. The molecule has 3 heterocycles. The summed E-state index contributed by atoms with van der Waals surface area (Å²) in [6.07, 6.45) is 7.33. The Morgan fingerprint density at radius 1 is 1.38 bits per heavy atom. The van der Waals surface area contributed by atoms with Crippen LogP contribution in [0.15, 0.2) is 22.9 Å². The maximum absolute atomic E-state index is 6.15. The van der Waals surface area contributed by atoms with Crippen molar-refractivity contribution in [2.75, 3.05) is 26.0 Å². The zero-order valence-electron chi connectivity index (χ0n) is 13.6. The fourth-order valence-corrected chi connectivity index (χ4v) is 4.05. The molecule has 126 valence electrons. The van der Waals surface area contributed by atoms with Gasteiger partial charge in [-0.15, -0.1) is 0 Å². The quantitative estimate of drug-likeness (QED) is 0.667. The molecule has 0 spiro atoms. The smallest absolute Gasteiger partial charge is 0.225 e. The van der Waals surface area contributed by atoms with E-state index in [0.717, 1.165) is 33.5 Å². The highest BCUT2D eigenvalue weighted by Gasteiger charge is 2.39. The Kier molecular flexibility index (Phi) is 3.89. The lowest BCUT2D eigenvalue weighted by atomic mass is 9.75. The predicted octanol–water partition coefficient (Wildman–Crippen LogP) is 3.59. The highest BCUT2D eigenvalue weighted by atomic mass is 79.9. The second-order valence-corrected chi connectivity index (χ2v) is 7.71. The molecular weight excluding hydrogens is 392 g/mol. The fourth-order valence-electron chi connectivity index (χ4n) is 3.37. The number of nitrogens with one attached hydrogen (secondary N) is 1. The highest BCUT2D eigenvalue weighted by Crippen LogP contribution is 2.37. The van der Waals surface area contributed by atoms with Crippen LogP contribution in [-0.2, 0) is 0 Å². The van der Waals surface area contributed by atoms with E-state index in [-0.39, 0.29) is 10.8 Å². The van der Waals surface area contributed by atoms with Gasteiger partial charge in [0.15, 0.2) is 11.5 Å². The molecule has 1 fully saturated rings. The van der Waals surface area contributed by atoms with Gasteiger partial charge in [-0.05, 0) is 67.0 Å². The number of nitrogens with zero attached hydrogens (tertiary/aromatic N) is 5. The molecule has 24 heavy (non-hydrogen) atoms. The minimum Gasteiger partial charge on any atom is -0.366 e. The molecule has 0 bridgehead atoms. The number of anilines is 1. The van der Waals surface area contributed by atoms with Crippen molar-refractivity contribution in [1.29, 1.82) is 0 Å². The molecule has 0 aromatic carbocycles. The molecule has 0 saturated heterocycles. The van der Waals surface area contributed by atoms with Gasteiger partial charge in [0.2, 0.25) is 5.28 Å². The van der Waals surface area contributed by atoms with E-state index in [1.807, 2.05) is 16.7 Å². The van der Waals surface area contributed by atoms with Gasteiger partial charge >= 0.3 is 0 Å². The Balaban J connectivity index is 1.81. The number of halogens is 2. The van der Waals surface area contributed by atoms with E-state index in [4.69, 9.17) is 11.6 Å². The molecule has 1 saturated carbocycles. The number of hydrogen-bond donors (Lipinski definition) is 1. The van der Waals surface area contributed by atoms with Gasteiger partial charge in [0.25, 0.3) is 0 Å². The molecule has 0 atom stereocenters. The zero-order valence-corrected chi connectivity index (χ0v) is 15.9. The van der Waals surface area contributed by atoms with Crippen LogP contribution in [0.2, 0.25) is 5.28 Å². The second-order valence-electron chi connectivity index (χ2n) is 6.51. The molecule has 1 aliphatic carbocycles. The molecule has 8 heteroatoms. The third-order valence-corrected chi connectivity index (χ3v) is 5.81. The van der Waals surface area contributed by atoms with Crippen LogP contribution in [0.4, 0.5) is 5.82 Å². The molecule has 0 amide bonds. The summed E-state index contributed by atoms with van der Waals surface area (Å²) in [6, 6.07) is 1.93. The number of imidazole rings is 1. The van der Waals surface area contributed by atoms with Crippen LogP contribution in [0.3, 0.4) is 0 Å². The van der Waals surface area contributed by atoms with Crippen LogP contribution in [-0.4, -0.2) is 50.4 Å². The number of rotatable bonds is 4. The third-order valence-electron chi connectivity index (χ3n) is 5.06. The summed E-state index contributed by atoms with van der Waals surface area (Å²) >= 11 is 9.69. The fraction of sp³-hybridized carbons (Fsp3) is 0.438. The minimum atomic E-state index is 0.188. The van der Waals surface area contributed by atoms with Gasteiger partial charge in [0.1, 0.15) is 5.52 Å². The Labute approximate surface area is 153 Å². The number of fused-ring (bicyclic) bond motifs is 3. The Hall–Kier alpha value is -1.44. The van der Waals surface area contributed by atoms with Crippen LogP contribution in [0, 0.1) is 0 Å². The molecule has 3 aromatic rings. The number of hydrogen-bond acceptors (Lipinski definition) is 5. The van der Waals surface area contributed by atoms with Gasteiger partial charge in [-0.3, -0.25) is 4.40 Å². The zero-order chi connectivity index (χ0) is 16.9. The van der Waals surface area contributed by atoms with Crippen LogP contribution in [0.25, 0.3) is 16.7 Å². The van der Waals surface area contributed by atoms with E-state index in [2.05, 4.69) is 55.2 Å². The summed E-state index contributed by atoms with van der Waals surface area (Å²) in [5.41, 5.74) is 2.70. The Bertz CT molecular complexity index is 918. The van der Waals surface area contributed by atoms with Gasteiger partial charge in [0.05, 0.1) is 9.99 Å². The first-order valence-corrected chi connectivity index (χ1v) is 9.07. The van der Waals surface area contributed by atoms with E-state index >= 15 is 0 Å². The van der Waals surface area contributed by atoms with Crippen molar-refractivity contribution in [1.82, 2.24) is 24.3 Å². The van der Waals surface area contributed by atoms with Crippen molar-refractivity contribution in [3.05, 3.63) is 28.2 Å². The van der Waals surface area contributed by atoms with Crippen molar-refractivity contribution >= 4 is 50.0 Å². The lowest BCUT2D eigenvalue weighted by Gasteiger charge is -2.47. The Morgan fingerprint density at radius 3 is 2.83 bits per heavy atom. The average Bonchev–Trinajstić information content (AvgIpc) is 2.95. The molecule has 0 radical (unpaired) electrons. The van der Waals surface area contributed by atoms with E-state index < -0.39 is 0 Å². The van der Waals surface area contributed by atoms with Crippen molar-refractivity contribution in [2.45, 2.75) is 24.8 Å². The molecule has 0 aliphatic heterocycles. The standard InChI is InChI=1S/C16H18BrClN6/c1-23(2)16(4-3-5-16)9-20-13-12-11(21-15(18)22-13)8-10(17)14-19-6-7-24(12)14/h6-8H,3-5,9H2,1-2H3,(H,20,21,22). The van der Waals surface area contributed by atoms with E-state index in [0.29, 0.717) is 0 Å². The Morgan fingerprint density at radius 2 is 2.17 bits per heavy atom. The first kappa shape index (κ1) is 16.1. The first-order valence-electron chi connectivity index (χ1n) is 7.90.